The second-order valence-corrected chi connectivity index (χ2v) is 4.03. The largest absolute Gasteiger partial charge is 0.336 e. The first kappa shape index (κ1) is 12.0. The second kappa shape index (κ2) is 4.84. The summed E-state index contributed by atoms with van der Waals surface area (Å²) in [6.45, 7) is 4.55. The van der Waals surface area contributed by atoms with Gasteiger partial charge in [-0.3, -0.25) is 4.79 Å². The van der Waals surface area contributed by atoms with E-state index < -0.39 is 0 Å². The fraction of sp³-hybridized carbons (Fsp3) is 0.333. The smallest absolute Gasteiger partial charge is 0.285 e. The van der Waals surface area contributed by atoms with Crippen molar-refractivity contribution >= 4 is 0 Å². The summed E-state index contributed by atoms with van der Waals surface area (Å²) in [6.07, 6.45) is 5.17. The average molecular weight is 243 g/mol. The highest BCUT2D eigenvalue weighted by atomic mass is 16.1. The van der Waals surface area contributed by atoms with Gasteiger partial charge in [0, 0.05) is 18.9 Å². The molecular formula is C12H13N5O. The van der Waals surface area contributed by atoms with Crippen molar-refractivity contribution in [2.75, 3.05) is 0 Å². The summed E-state index contributed by atoms with van der Waals surface area (Å²) in [7, 11) is 0. The van der Waals surface area contributed by atoms with E-state index in [0.717, 1.165) is 0 Å². The Morgan fingerprint density at radius 1 is 1.39 bits per heavy atom. The van der Waals surface area contributed by atoms with Crippen molar-refractivity contribution in [3.8, 4) is 6.07 Å². The fourth-order valence-electron chi connectivity index (χ4n) is 1.68. The van der Waals surface area contributed by atoms with Crippen LogP contribution in [0.15, 0.2) is 23.5 Å². The Labute approximate surface area is 104 Å². The Morgan fingerprint density at radius 2 is 2.17 bits per heavy atom. The molecular weight excluding hydrogens is 230 g/mol. The highest BCUT2D eigenvalue weighted by Gasteiger charge is 2.10. The number of hydrogen-bond donors (Lipinski definition) is 0. The number of hydrogen-bond acceptors (Lipinski definition) is 4. The van der Waals surface area contributed by atoms with Crippen LogP contribution in [0.25, 0.3) is 0 Å². The SMILES string of the molecule is Cc1nn(CCn2ccnc2)c(=O)c(C#N)c1C. The highest BCUT2D eigenvalue weighted by Crippen LogP contribution is 2.04. The van der Waals surface area contributed by atoms with Crippen molar-refractivity contribution in [3.63, 3.8) is 0 Å². The first-order valence-corrected chi connectivity index (χ1v) is 5.57. The molecule has 2 aromatic heterocycles. The molecule has 2 aromatic rings. The molecule has 0 saturated carbocycles. The van der Waals surface area contributed by atoms with E-state index in [0.29, 0.717) is 24.3 Å². The lowest BCUT2D eigenvalue weighted by Gasteiger charge is -2.09. The van der Waals surface area contributed by atoms with E-state index in [9.17, 15) is 4.79 Å². The Kier molecular flexibility index (Phi) is 3.24. The van der Waals surface area contributed by atoms with E-state index in [1.165, 1.54) is 4.68 Å². The number of imidazole rings is 1. The van der Waals surface area contributed by atoms with Gasteiger partial charge in [0.2, 0.25) is 0 Å². The number of nitrogens with zero attached hydrogens (tertiary/aromatic N) is 5. The minimum absolute atomic E-state index is 0.174. The summed E-state index contributed by atoms with van der Waals surface area (Å²) in [5.41, 5.74) is 1.20. The molecule has 0 bridgehead atoms. The maximum atomic E-state index is 12.0. The van der Waals surface area contributed by atoms with Crippen LogP contribution in [-0.4, -0.2) is 19.3 Å². The summed E-state index contributed by atoms with van der Waals surface area (Å²) in [5, 5.41) is 13.2. The second-order valence-electron chi connectivity index (χ2n) is 4.03. The van der Waals surface area contributed by atoms with E-state index >= 15 is 0 Å². The monoisotopic (exact) mass is 243 g/mol. The van der Waals surface area contributed by atoms with Crippen LogP contribution < -0.4 is 5.56 Å². The summed E-state index contributed by atoms with van der Waals surface area (Å²) in [4.78, 5) is 15.9. The quantitative estimate of drug-likeness (QED) is 0.792. The van der Waals surface area contributed by atoms with Gasteiger partial charge in [0.25, 0.3) is 5.56 Å². The first-order valence-electron chi connectivity index (χ1n) is 5.57. The lowest BCUT2D eigenvalue weighted by atomic mass is 10.1. The van der Waals surface area contributed by atoms with Crippen molar-refractivity contribution < 1.29 is 0 Å². The zero-order valence-electron chi connectivity index (χ0n) is 10.3. The van der Waals surface area contributed by atoms with Gasteiger partial charge in [-0.2, -0.15) is 10.4 Å². The lowest BCUT2D eigenvalue weighted by molar-refractivity contribution is 0.503. The normalized spacial score (nSPS) is 10.3. The third-order valence-corrected chi connectivity index (χ3v) is 2.88. The Balaban J connectivity index is 2.32. The van der Waals surface area contributed by atoms with Gasteiger partial charge in [-0.25, -0.2) is 9.67 Å². The molecule has 0 aliphatic heterocycles. The number of rotatable bonds is 3. The number of aryl methyl sites for hydroxylation is 3. The topological polar surface area (TPSA) is 76.5 Å². The van der Waals surface area contributed by atoms with Crippen molar-refractivity contribution in [2.45, 2.75) is 26.9 Å². The molecule has 0 N–H and O–H groups in total. The molecule has 92 valence electrons. The van der Waals surface area contributed by atoms with Crippen LogP contribution in [0.5, 0.6) is 0 Å². The zero-order chi connectivity index (χ0) is 13.1. The van der Waals surface area contributed by atoms with Gasteiger partial charge >= 0.3 is 0 Å². The van der Waals surface area contributed by atoms with Crippen molar-refractivity contribution in [2.24, 2.45) is 0 Å². The van der Waals surface area contributed by atoms with Crippen LogP contribution in [-0.2, 0) is 13.1 Å². The van der Waals surface area contributed by atoms with Crippen LogP contribution in [0.3, 0.4) is 0 Å². The maximum Gasteiger partial charge on any atom is 0.285 e. The molecule has 0 atom stereocenters. The molecule has 0 saturated heterocycles. The molecule has 0 spiro atoms. The van der Waals surface area contributed by atoms with E-state index in [1.807, 2.05) is 16.8 Å². The summed E-state index contributed by atoms with van der Waals surface area (Å²) in [5.74, 6) is 0. The molecule has 0 radical (unpaired) electrons. The fourth-order valence-corrected chi connectivity index (χ4v) is 1.68. The molecule has 0 aliphatic rings. The van der Waals surface area contributed by atoms with Gasteiger partial charge in [-0.05, 0) is 19.4 Å². The van der Waals surface area contributed by atoms with Crippen LogP contribution in [0.1, 0.15) is 16.8 Å². The van der Waals surface area contributed by atoms with Crippen LogP contribution in [0, 0.1) is 25.2 Å². The molecule has 0 amide bonds. The van der Waals surface area contributed by atoms with Crippen LogP contribution in [0.4, 0.5) is 0 Å². The summed E-state index contributed by atoms with van der Waals surface area (Å²) >= 11 is 0. The molecule has 0 unspecified atom stereocenters. The van der Waals surface area contributed by atoms with E-state index in [1.54, 1.807) is 26.4 Å². The van der Waals surface area contributed by atoms with Crippen molar-refractivity contribution in [1.29, 1.82) is 5.26 Å². The summed E-state index contributed by atoms with van der Waals surface area (Å²) < 4.78 is 3.19. The van der Waals surface area contributed by atoms with E-state index in [2.05, 4.69) is 10.1 Å². The Bertz CT molecular complexity index is 648. The molecule has 2 rings (SSSR count). The van der Waals surface area contributed by atoms with Crippen molar-refractivity contribution in [1.82, 2.24) is 19.3 Å². The minimum Gasteiger partial charge on any atom is -0.336 e. The Morgan fingerprint density at radius 3 is 2.78 bits per heavy atom. The van der Waals surface area contributed by atoms with Gasteiger partial charge in [-0.1, -0.05) is 0 Å². The first-order chi connectivity index (χ1) is 8.63. The van der Waals surface area contributed by atoms with E-state index in [-0.39, 0.29) is 11.1 Å². The third-order valence-electron chi connectivity index (χ3n) is 2.88. The van der Waals surface area contributed by atoms with Gasteiger partial charge in [-0.15, -0.1) is 0 Å². The molecule has 18 heavy (non-hydrogen) atoms. The standard InChI is InChI=1S/C12H13N5O/c1-9-10(2)15-17(12(18)11(9)7-13)6-5-16-4-3-14-8-16/h3-4,8H,5-6H2,1-2H3. The molecule has 0 fully saturated rings. The molecule has 0 aromatic carbocycles. The van der Waals surface area contributed by atoms with Gasteiger partial charge in [0.15, 0.2) is 0 Å². The third kappa shape index (κ3) is 2.15. The van der Waals surface area contributed by atoms with Gasteiger partial charge in [0.1, 0.15) is 11.6 Å². The predicted molar refractivity (Wildman–Crippen MR) is 64.9 cm³/mol. The number of aromatic nitrogens is 4. The number of nitriles is 1. The zero-order valence-corrected chi connectivity index (χ0v) is 10.3. The molecule has 0 aliphatic carbocycles. The van der Waals surface area contributed by atoms with Gasteiger partial charge in [0.05, 0.1) is 18.6 Å². The van der Waals surface area contributed by atoms with Crippen LogP contribution >= 0.6 is 0 Å². The maximum absolute atomic E-state index is 12.0. The molecule has 6 nitrogen and oxygen atoms in total. The highest BCUT2D eigenvalue weighted by molar-refractivity contribution is 5.36. The Hall–Kier alpha value is -2.42. The lowest BCUT2D eigenvalue weighted by Crippen LogP contribution is -2.28. The molecule has 2 heterocycles. The van der Waals surface area contributed by atoms with E-state index in [4.69, 9.17) is 5.26 Å². The molecule has 6 heteroatoms. The predicted octanol–water partition coefficient (Wildman–Crippen LogP) is 0.629. The van der Waals surface area contributed by atoms with Gasteiger partial charge < -0.3 is 4.57 Å². The van der Waals surface area contributed by atoms with Crippen LogP contribution in [0.2, 0.25) is 0 Å². The average Bonchev–Trinajstić information content (AvgIpc) is 2.86. The summed E-state index contributed by atoms with van der Waals surface area (Å²) in [6, 6.07) is 1.95. The minimum atomic E-state index is -0.333. The van der Waals surface area contributed by atoms with Crippen molar-refractivity contribution in [3.05, 3.63) is 45.9 Å².